The van der Waals surface area contributed by atoms with E-state index in [1.54, 1.807) is 22.6 Å². The Hall–Kier alpha value is 0.1000. The first kappa shape index (κ1) is 9.19. The van der Waals surface area contributed by atoms with Gasteiger partial charge in [0.15, 0.2) is 0 Å². The van der Waals surface area contributed by atoms with Gasteiger partial charge < -0.3 is 0 Å². The summed E-state index contributed by atoms with van der Waals surface area (Å²) in [6.07, 6.45) is 0. The summed E-state index contributed by atoms with van der Waals surface area (Å²) in [4.78, 5) is 10.9. The number of halogens is 2. The molecule has 1 aromatic carbocycles. The van der Waals surface area contributed by atoms with Crippen LogP contribution in [0.3, 0.4) is 0 Å². The molecule has 0 saturated heterocycles. The molecular weight excluding hydrogens is 319 g/mol. The van der Waals surface area contributed by atoms with Crippen LogP contribution in [0.15, 0.2) is 22.7 Å². The fourth-order valence-corrected chi connectivity index (χ4v) is 2.29. The zero-order valence-corrected chi connectivity index (χ0v) is 9.64. The maximum Gasteiger partial charge on any atom is 0.223 e. The Kier molecular flexibility index (Phi) is 3.06. The van der Waals surface area contributed by atoms with E-state index in [0.29, 0.717) is 0 Å². The highest BCUT2D eigenvalue weighted by Crippen LogP contribution is 2.20. The molecule has 0 saturated carbocycles. The van der Waals surface area contributed by atoms with Crippen LogP contribution in [-0.4, -0.2) is 3.79 Å². The molecule has 0 aliphatic heterocycles. The maximum atomic E-state index is 10.9. The van der Waals surface area contributed by atoms with Gasteiger partial charge in [-0.15, -0.1) is 0 Å². The van der Waals surface area contributed by atoms with Gasteiger partial charge in [0.1, 0.15) is 0 Å². The number of aryl methyl sites for hydroxylation is 1. The van der Waals surface area contributed by atoms with Crippen LogP contribution in [0.5, 0.6) is 0 Å². The summed E-state index contributed by atoms with van der Waals surface area (Å²) in [5, 5.41) is 0. The smallest absolute Gasteiger partial charge is 0.223 e. The highest BCUT2D eigenvalue weighted by Gasteiger charge is 2.04. The molecule has 0 radical (unpaired) electrons. The van der Waals surface area contributed by atoms with Gasteiger partial charge in [-0.05, 0) is 24.6 Å². The predicted molar refractivity (Wildman–Crippen MR) is 57.2 cm³/mol. The highest BCUT2D eigenvalue weighted by atomic mass is 127. The Balaban J connectivity index is 3.20. The molecule has 0 unspecified atom stereocenters. The summed E-state index contributed by atoms with van der Waals surface area (Å²) >= 11 is 5.10. The predicted octanol–water partition coefficient (Wildman–Crippen LogP) is 3.33. The quantitative estimate of drug-likeness (QED) is 0.572. The molecule has 0 aliphatic rings. The van der Waals surface area contributed by atoms with Crippen LogP contribution in [0.2, 0.25) is 0 Å². The lowest BCUT2D eigenvalue weighted by Gasteiger charge is -1.98. The summed E-state index contributed by atoms with van der Waals surface area (Å²) in [5.74, 6) is 0. The molecule has 0 heterocycles. The topological polar surface area (TPSA) is 17.1 Å². The number of hydrogen-bond donors (Lipinski definition) is 0. The zero-order chi connectivity index (χ0) is 8.43. The third-order valence-corrected chi connectivity index (χ3v) is 2.57. The molecule has 1 nitrogen and oxygen atoms in total. The van der Waals surface area contributed by atoms with Crippen molar-refractivity contribution >= 4 is 42.3 Å². The second kappa shape index (κ2) is 3.67. The molecule has 0 spiro atoms. The van der Waals surface area contributed by atoms with Crippen LogP contribution in [0.1, 0.15) is 15.9 Å². The molecule has 1 aromatic rings. The van der Waals surface area contributed by atoms with Crippen molar-refractivity contribution in [2.24, 2.45) is 0 Å². The van der Waals surface area contributed by atoms with Crippen molar-refractivity contribution in [1.82, 2.24) is 0 Å². The molecule has 0 atom stereocenters. The van der Waals surface area contributed by atoms with Crippen LogP contribution in [0.25, 0.3) is 0 Å². The van der Waals surface area contributed by atoms with E-state index in [4.69, 9.17) is 0 Å². The van der Waals surface area contributed by atoms with E-state index in [1.165, 1.54) is 0 Å². The molecular formula is C8H6BrIO. The van der Waals surface area contributed by atoms with Gasteiger partial charge in [0, 0.05) is 32.6 Å². The summed E-state index contributed by atoms with van der Waals surface area (Å²) in [6.45, 7) is 1.99. The van der Waals surface area contributed by atoms with Crippen LogP contribution in [0.4, 0.5) is 0 Å². The van der Waals surface area contributed by atoms with Gasteiger partial charge >= 0.3 is 0 Å². The summed E-state index contributed by atoms with van der Waals surface area (Å²) in [5.41, 5.74) is 1.88. The largest absolute Gasteiger partial charge is 0.282 e. The van der Waals surface area contributed by atoms with Crippen molar-refractivity contribution in [3.8, 4) is 0 Å². The van der Waals surface area contributed by atoms with E-state index in [2.05, 4.69) is 15.9 Å². The van der Waals surface area contributed by atoms with Crippen molar-refractivity contribution in [3.63, 3.8) is 0 Å². The van der Waals surface area contributed by atoms with E-state index in [0.717, 1.165) is 15.6 Å². The fourth-order valence-electron chi connectivity index (χ4n) is 0.780. The Labute approximate surface area is 87.5 Å². The van der Waals surface area contributed by atoms with Gasteiger partial charge in [-0.3, -0.25) is 4.79 Å². The Bertz CT molecular complexity index is 296. The first-order valence-corrected chi connectivity index (χ1v) is 4.94. The summed E-state index contributed by atoms with van der Waals surface area (Å²) in [6, 6.07) is 5.69. The molecule has 1 rings (SSSR count). The average molecular weight is 325 g/mol. The standard InChI is InChI=1S/C8H6BrIO/c1-5-2-3-6(8(10)11)7(9)4-5/h2-4H,1H3. The molecule has 0 fully saturated rings. The average Bonchev–Trinajstić information content (AvgIpc) is 1.85. The van der Waals surface area contributed by atoms with Crippen LogP contribution < -0.4 is 0 Å². The second-order valence-corrected chi connectivity index (χ2v) is 4.09. The first-order chi connectivity index (χ1) is 5.11. The number of rotatable bonds is 1. The van der Waals surface area contributed by atoms with E-state index in [1.807, 2.05) is 25.1 Å². The van der Waals surface area contributed by atoms with Gasteiger partial charge in [-0.2, -0.15) is 0 Å². The minimum absolute atomic E-state index is 0.0643. The van der Waals surface area contributed by atoms with Crippen LogP contribution in [0, 0.1) is 6.92 Å². The SMILES string of the molecule is Cc1ccc(C(=O)I)c(Br)c1. The number of hydrogen-bond acceptors (Lipinski definition) is 1. The zero-order valence-electron chi connectivity index (χ0n) is 5.90. The minimum Gasteiger partial charge on any atom is -0.282 e. The number of carbonyl (C=O) groups is 1. The first-order valence-electron chi connectivity index (χ1n) is 3.07. The normalized spacial score (nSPS) is 9.73. The Morgan fingerprint density at radius 3 is 2.64 bits per heavy atom. The van der Waals surface area contributed by atoms with E-state index in [9.17, 15) is 4.79 Å². The highest BCUT2D eigenvalue weighted by molar-refractivity contribution is 14.1. The van der Waals surface area contributed by atoms with Gasteiger partial charge in [0.2, 0.25) is 3.79 Å². The van der Waals surface area contributed by atoms with Crippen molar-refractivity contribution in [3.05, 3.63) is 33.8 Å². The van der Waals surface area contributed by atoms with Crippen molar-refractivity contribution in [2.45, 2.75) is 6.92 Å². The molecule has 0 aromatic heterocycles. The third kappa shape index (κ3) is 2.27. The monoisotopic (exact) mass is 324 g/mol. The van der Waals surface area contributed by atoms with Crippen molar-refractivity contribution in [2.75, 3.05) is 0 Å². The molecule has 0 amide bonds. The van der Waals surface area contributed by atoms with E-state index in [-0.39, 0.29) is 3.79 Å². The van der Waals surface area contributed by atoms with Gasteiger partial charge in [-0.1, -0.05) is 22.0 Å². The molecule has 3 heteroatoms. The lowest BCUT2D eigenvalue weighted by atomic mass is 10.2. The van der Waals surface area contributed by atoms with Crippen molar-refractivity contribution < 1.29 is 4.79 Å². The number of carbonyl (C=O) groups excluding carboxylic acids is 1. The molecule has 0 N–H and O–H groups in total. The molecule has 0 bridgehead atoms. The van der Waals surface area contributed by atoms with E-state index < -0.39 is 0 Å². The third-order valence-electron chi connectivity index (χ3n) is 1.34. The van der Waals surface area contributed by atoms with Gasteiger partial charge in [-0.25, -0.2) is 0 Å². The molecule has 11 heavy (non-hydrogen) atoms. The minimum atomic E-state index is 0.0643. The lowest BCUT2D eigenvalue weighted by Crippen LogP contribution is -1.89. The number of benzene rings is 1. The molecule has 58 valence electrons. The van der Waals surface area contributed by atoms with Crippen molar-refractivity contribution in [1.29, 1.82) is 0 Å². The van der Waals surface area contributed by atoms with Crippen LogP contribution in [-0.2, 0) is 0 Å². The molecule has 0 aliphatic carbocycles. The maximum absolute atomic E-state index is 10.9. The Morgan fingerprint density at radius 2 is 2.18 bits per heavy atom. The summed E-state index contributed by atoms with van der Waals surface area (Å²) < 4.78 is 0.936. The van der Waals surface area contributed by atoms with E-state index >= 15 is 0 Å². The van der Waals surface area contributed by atoms with Gasteiger partial charge in [0.25, 0.3) is 0 Å². The summed E-state index contributed by atoms with van der Waals surface area (Å²) in [7, 11) is 0. The van der Waals surface area contributed by atoms with Crippen LogP contribution >= 0.6 is 38.5 Å². The Morgan fingerprint density at radius 1 is 1.55 bits per heavy atom. The fraction of sp³-hybridized carbons (Fsp3) is 0.125. The van der Waals surface area contributed by atoms with Gasteiger partial charge in [0.05, 0.1) is 0 Å². The lowest BCUT2D eigenvalue weighted by molar-refractivity contribution is 0.110. The second-order valence-electron chi connectivity index (χ2n) is 2.26.